The van der Waals surface area contributed by atoms with Gasteiger partial charge in [0.1, 0.15) is 0 Å². The Morgan fingerprint density at radius 3 is 2.35 bits per heavy atom. The number of rotatable bonds is 2. The van der Waals surface area contributed by atoms with Crippen LogP contribution in [0.4, 0.5) is 0 Å². The van der Waals surface area contributed by atoms with E-state index >= 15 is 0 Å². The average Bonchev–Trinajstić information content (AvgIpc) is 2.88. The fraction of sp³-hybridized carbons (Fsp3) is 0.174. The van der Waals surface area contributed by atoms with Gasteiger partial charge in [0.25, 0.3) is 0 Å². The minimum Gasteiger partial charge on any atom is -0.105 e. The molecule has 2 bridgehead atoms. The van der Waals surface area contributed by atoms with Gasteiger partial charge in [-0.3, -0.25) is 0 Å². The lowest BCUT2D eigenvalue weighted by Crippen LogP contribution is -1.95. The molecule has 0 amide bonds. The molecular formula is C23H22. The van der Waals surface area contributed by atoms with Gasteiger partial charge in [-0.05, 0) is 79.3 Å². The van der Waals surface area contributed by atoms with E-state index in [4.69, 9.17) is 0 Å². The Balaban J connectivity index is 2.13. The maximum Gasteiger partial charge on any atom is 0.0206 e. The van der Waals surface area contributed by atoms with Crippen LogP contribution < -0.4 is 0 Å². The van der Waals surface area contributed by atoms with Crippen molar-refractivity contribution in [3.63, 3.8) is 0 Å². The molecule has 0 radical (unpaired) electrons. The molecule has 0 unspecified atom stereocenters. The van der Waals surface area contributed by atoms with Crippen LogP contribution in [0.3, 0.4) is 0 Å². The van der Waals surface area contributed by atoms with E-state index < -0.39 is 0 Å². The van der Waals surface area contributed by atoms with Crippen molar-refractivity contribution in [3.05, 3.63) is 105 Å². The monoisotopic (exact) mass is 298 g/mol. The first-order chi connectivity index (χ1) is 11.1. The summed E-state index contributed by atoms with van der Waals surface area (Å²) in [6.07, 6.45) is 12.8. The van der Waals surface area contributed by atoms with Crippen LogP contribution in [0.5, 0.6) is 0 Å². The molecule has 1 aromatic rings. The summed E-state index contributed by atoms with van der Waals surface area (Å²) in [4.78, 5) is 0. The predicted octanol–water partition coefficient (Wildman–Crippen LogP) is 6.25. The standard InChI is InChI=1S/C23H22/c1-16-9-5-8-12-22(16)17(2)18(3)23-14-13-20-10-6-7-11-21(15-20)19(23)4/h5-14H,1-4H3. The van der Waals surface area contributed by atoms with Crippen molar-refractivity contribution >= 4 is 5.57 Å². The highest BCUT2D eigenvalue weighted by atomic mass is 14.2. The van der Waals surface area contributed by atoms with Crippen molar-refractivity contribution in [2.45, 2.75) is 27.7 Å². The van der Waals surface area contributed by atoms with E-state index in [0.29, 0.717) is 0 Å². The number of aryl methyl sites for hydroxylation is 1. The molecule has 0 atom stereocenters. The zero-order valence-corrected chi connectivity index (χ0v) is 14.3. The lowest BCUT2D eigenvalue weighted by molar-refractivity contribution is 1.30. The second-order valence-corrected chi connectivity index (χ2v) is 6.15. The Kier molecular flexibility index (Phi) is 4.19. The van der Waals surface area contributed by atoms with Crippen molar-refractivity contribution in [1.82, 2.24) is 0 Å². The summed E-state index contributed by atoms with van der Waals surface area (Å²) >= 11 is 0. The van der Waals surface area contributed by atoms with E-state index in [1.54, 1.807) is 0 Å². The van der Waals surface area contributed by atoms with Gasteiger partial charge in [0.05, 0.1) is 0 Å². The number of hydrogen-bond donors (Lipinski definition) is 0. The summed E-state index contributed by atoms with van der Waals surface area (Å²) in [6.45, 7) is 8.80. The molecule has 0 nitrogen and oxygen atoms in total. The normalized spacial score (nSPS) is 17.4. The second-order valence-electron chi connectivity index (χ2n) is 6.15. The summed E-state index contributed by atoms with van der Waals surface area (Å²) in [7, 11) is 0. The number of allylic oxidation sites excluding steroid dienone is 11. The minimum atomic E-state index is 1.13. The molecule has 0 heterocycles. The molecular weight excluding hydrogens is 276 g/mol. The van der Waals surface area contributed by atoms with Gasteiger partial charge in [-0.2, -0.15) is 0 Å². The third-order valence-corrected chi connectivity index (χ3v) is 4.68. The van der Waals surface area contributed by atoms with Crippen LogP contribution in [-0.4, -0.2) is 0 Å². The van der Waals surface area contributed by atoms with Gasteiger partial charge < -0.3 is 0 Å². The minimum absolute atomic E-state index is 1.13. The molecule has 2 aliphatic carbocycles. The maximum absolute atomic E-state index is 3.49. The summed E-state index contributed by atoms with van der Waals surface area (Å²) in [5.74, 6) is 0. The molecule has 0 aliphatic heterocycles. The van der Waals surface area contributed by atoms with E-state index in [9.17, 15) is 0 Å². The van der Waals surface area contributed by atoms with Crippen LogP contribution in [-0.2, 0) is 0 Å². The first kappa shape index (κ1) is 15.3. The topological polar surface area (TPSA) is 0 Å². The molecule has 1 aromatic carbocycles. The molecule has 0 saturated carbocycles. The van der Waals surface area contributed by atoms with Crippen molar-refractivity contribution < 1.29 is 0 Å². The Morgan fingerprint density at radius 1 is 0.826 bits per heavy atom. The van der Waals surface area contributed by atoms with Gasteiger partial charge >= 0.3 is 0 Å². The summed E-state index contributed by atoms with van der Waals surface area (Å²) < 4.78 is 0. The molecule has 2 aliphatic rings. The Hall–Kier alpha value is -2.56. The van der Waals surface area contributed by atoms with E-state index in [-0.39, 0.29) is 0 Å². The summed E-state index contributed by atoms with van der Waals surface area (Å²) in [5, 5.41) is 0. The lowest BCUT2D eigenvalue weighted by atomic mass is 9.90. The molecule has 0 spiro atoms. The molecule has 3 rings (SSSR count). The lowest BCUT2D eigenvalue weighted by Gasteiger charge is -2.14. The van der Waals surface area contributed by atoms with E-state index in [1.165, 1.54) is 39.0 Å². The van der Waals surface area contributed by atoms with E-state index in [1.807, 2.05) is 0 Å². The molecule has 114 valence electrons. The Labute approximate surface area is 139 Å². The third kappa shape index (κ3) is 2.99. The number of benzene rings is 1. The maximum atomic E-state index is 3.49. The SMILES string of the molecule is CC1=C(C(C)=C(C)c2ccccc2C)C=CC2=C=C1C=CC=C2. The highest BCUT2D eigenvalue weighted by molar-refractivity contribution is 5.75. The smallest absolute Gasteiger partial charge is 0.0206 e. The van der Waals surface area contributed by atoms with Gasteiger partial charge in [-0.1, -0.05) is 42.5 Å². The van der Waals surface area contributed by atoms with Crippen LogP contribution >= 0.6 is 0 Å². The zero-order valence-electron chi connectivity index (χ0n) is 14.3. The average molecular weight is 298 g/mol. The van der Waals surface area contributed by atoms with Crippen LogP contribution in [0.25, 0.3) is 5.57 Å². The summed E-state index contributed by atoms with van der Waals surface area (Å²) in [6, 6.07) is 8.58. The highest BCUT2D eigenvalue weighted by Crippen LogP contribution is 2.32. The van der Waals surface area contributed by atoms with Crippen molar-refractivity contribution in [3.8, 4) is 0 Å². The number of hydrogen-bond acceptors (Lipinski definition) is 0. The predicted molar refractivity (Wildman–Crippen MR) is 100 cm³/mol. The van der Waals surface area contributed by atoms with Crippen molar-refractivity contribution in [1.29, 1.82) is 0 Å². The van der Waals surface area contributed by atoms with Gasteiger partial charge in [0, 0.05) is 11.1 Å². The Morgan fingerprint density at radius 2 is 1.57 bits per heavy atom. The van der Waals surface area contributed by atoms with Gasteiger partial charge in [0.15, 0.2) is 0 Å². The molecule has 0 N–H and O–H groups in total. The second kappa shape index (κ2) is 6.28. The van der Waals surface area contributed by atoms with Crippen molar-refractivity contribution in [2.75, 3.05) is 0 Å². The molecule has 0 fully saturated rings. The molecule has 0 saturated heterocycles. The molecule has 23 heavy (non-hydrogen) atoms. The van der Waals surface area contributed by atoms with E-state index in [0.717, 1.165) is 5.57 Å². The molecule has 0 heteroatoms. The largest absolute Gasteiger partial charge is 0.105 e. The van der Waals surface area contributed by atoms with Gasteiger partial charge in [-0.15, -0.1) is 5.73 Å². The van der Waals surface area contributed by atoms with Gasteiger partial charge in [0.2, 0.25) is 0 Å². The summed E-state index contributed by atoms with van der Waals surface area (Å²) in [5.41, 5.74) is 13.7. The third-order valence-electron chi connectivity index (χ3n) is 4.68. The highest BCUT2D eigenvalue weighted by Gasteiger charge is 2.12. The van der Waals surface area contributed by atoms with Gasteiger partial charge in [-0.25, -0.2) is 0 Å². The van der Waals surface area contributed by atoms with E-state index in [2.05, 4.69) is 94.1 Å². The zero-order chi connectivity index (χ0) is 16.4. The molecule has 0 aromatic heterocycles. The van der Waals surface area contributed by atoms with Crippen LogP contribution in [0.1, 0.15) is 31.9 Å². The van der Waals surface area contributed by atoms with Crippen molar-refractivity contribution in [2.24, 2.45) is 0 Å². The van der Waals surface area contributed by atoms with Crippen LogP contribution in [0.2, 0.25) is 0 Å². The van der Waals surface area contributed by atoms with Crippen LogP contribution in [0, 0.1) is 6.92 Å². The first-order valence-corrected chi connectivity index (χ1v) is 8.07. The first-order valence-electron chi connectivity index (χ1n) is 8.07. The quantitative estimate of drug-likeness (QED) is 0.566. The fourth-order valence-electron chi connectivity index (χ4n) is 3.11. The van der Waals surface area contributed by atoms with Crippen LogP contribution in [0.15, 0.2) is 94.3 Å². The Bertz CT molecular complexity index is 870. The fourth-order valence-corrected chi connectivity index (χ4v) is 3.11.